The van der Waals surface area contributed by atoms with Crippen molar-refractivity contribution in [1.29, 1.82) is 0 Å². The van der Waals surface area contributed by atoms with Crippen molar-refractivity contribution in [3.63, 3.8) is 0 Å². The van der Waals surface area contributed by atoms with E-state index >= 15 is 0 Å². The van der Waals surface area contributed by atoms with Crippen molar-refractivity contribution >= 4 is 23.2 Å². The Bertz CT molecular complexity index is 764. The number of carbonyl (C=O) groups excluding carboxylic acids is 2. The van der Waals surface area contributed by atoms with E-state index in [0.717, 1.165) is 29.7 Å². The zero-order chi connectivity index (χ0) is 16.4. The summed E-state index contributed by atoms with van der Waals surface area (Å²) in [6.07, 6.45) is 1.91. The number of rotatable bonds is 4. The topological polar surface area (TPSA) is 58.2 Å². The fourth-order valence-corrected chi connectivity index (χ4v) is 2.48. The molecular formula is C19H20N2O2. The summed E-state index contributed by atoms with van der Waals surface area (Å²) in [6.45, 7) is 3.99. The van der Waals surface area contributed by atoms with Crippen LogP contribution in [-0.4, -0.2) is 11.8 Å². The molecule has 4 nitrogen and oxygen atoms in total. The molecule has 2 aromatic carbocycles. The van der Waals surface area contributed by atoms with Crippen molar-refractivity contribution in [3.8, 4) is 0 Å². The Hall–Kier alpha value is -2.62. The molecule has 1 saturated carbocycles. The van der Waals surface area contributed by atoms with Gasteiger partial charge in [-0.1, -0.05) is 23.8 Å². The van der Waals surface area contributed by atoms with E-state index in [9.17, 15) is 9.59 Å². The highest BCUT2D eigenvalue weighted by Crippen LogP contribution is 2.30. The maximum absolute atomic E-state index is 12.4. The summed E-state index contributed by atoms with van der Waals surface area (Å²) in [5.74, 6) is -0.000832. The van der Waals surface area contributed by atoms with Crippen LogP contribution in [0.5, 0.6) is 0 Å². The lowest BCUT2D eigenvalue weighted by Gasteiger charge is -2.10. The molecule has 3 rings (SSSR count). The van der Waals surface area contributed by atoms with Gasteiger partial charge in [0.15, 0.2) is 0 Å². The van der Waals surface area contributed by atoms with Crippen LogP contribution in [0.15, 0.2) is 42.5 Å². The lowest BCUT2D eigenvalue weighted by molar-refractivity contribution is -0.117. The second-order valence-corrected chi connectivity index (χ2v) is 6.12. The zero-order valence-electron chi connectivity index (χ0n) is 13.3. The summed E-state index contributed by atoms with van der Waals surface area (Å²) in [7, 11) is 0. The van der Waals surface area contributed by atoms with Crippen LogP contribution < -0.4 is 10.6 Å². The van der Waals surface area contributed by atoms with Gasteiger partial charge in [0.1, 0.15) is 0 Å². The van der Waals surface area contributed by atoms with Gasteiger partial charge in [0.05, 0.1) is 0 Å². The van der Waals surface area contributed by atoms with E-state index < -0.39 is 0 Å². The molecule has 23 heavy (non-hydrogen) atoms. The largest absolute Gasteiger partial charge is 0.326 e. The number of nitrogens with one attached hydrogen (secondary N) is 2. The van der Waals surface area contributed by atoms with Crippen molar-refractivity contribution in [2.45, 2.75) is 26.7 Å². The average Bonchev–Trinajstić information content (AvgIpc) is 3.35. The summed E-state index contributed by atoms with van der Waals surface area (Å²) in [5.41, 5.74) is 4.17. The van der Waals surface area contributed by atoms with Gasteiger partial charge in [-0.3, -0.25) is 9.59 Å². The van der Waals surface area contributed by atoms with Gasteiger partial charge in [-0.15, -0.1) is 0 Å². The minimum atomic E-state index is -0.181. The molecule has 4 heteroatoms. The SMILES string of the molecule is Cc1ccc(NC(=O)c2cccc(NC(=O)C3CC3)c2)c(C)c1. The van der Waals surface area contributed by atoms with Gasteiger partial charge >= 0.3 is 0 Å². The molecule has 2 N–H and O–H groups in total. The average molecular weight is 308 g/mol. The van der Waals surface area contributed by atoms with Crippen LogP contribution >= 0.6 is 0 Å². The molecule has 0 radical (unpaired) electrons. The third-order valence-electron chi connectivity index (χ3n) is 3.97. The quantitative estimate of drug-likeness (QED) is 0.900. The van der Waals surface area contributed by atoms with E-state index in [1.54, 1.807) is 24.3 Å². The summed E-state index contributed by atoms with van der Waals surface area (Å²) >= 11 is 0. The molecule has 0 heterocycles. The van der Waals surface area contributed by atoms with Crippen molar-refractivity contribution < 1.29 is 9.59 Å². The smallest absolute Gasteiger partial charge is 0.255 e. The third-order valence-corrected chi connectivity index (χ3v) is 3.97. The molecular weight excluding hydrogens is 288 g/mol. The first kappa shape index (κ1) is 15.3. The van der Waals surface area contributed by atoms with Crippen LogP contribution in [0.2, 0.25) is 0 Å². The Morgan fingerprint density at radius 2 is 1.78 bits per heavy atom. The predicted molar refractivity (Wildman–Crippen MR) is 91.7 cm³/mol. The minimum Gasteiger partial charge on any atom is -0.326 e. The minimum absolute atomic E-state index is 0.0388. The molecule has 0 aliphatic heterocycles. The Kier molecular flexibility index (Phi) is 4.15. The molecule has 0 saturated heterocycles. The number of hydrogen-bond donors (Lipinski definition) is 2. The van der Waals surface area contributed by atoms with Crippen molar-refractivity contribution in [2.75, 3.05) is 10.6 Å². The van der Waals surface area contributed by atoms with E-state index in [4.69, 9.17) is 0 Å². The number of aryl methyl sites for hydroxylation is 2. The second kappa shape index (κ2) is 6.24. The highest BCUT2D eigenvalue weighted by atomic mass is 16.2. The Labute approximate surface area is 135 Å². The number of carbonyl (C=O) groups is 2. The van der Waals surface area contributed by atoms with Gasteiger partial charge in [0, 0.05) is 22.9 Å². The van der Waals surface area contributed by atoms with E-state index in [1.165, 1.54) is 0 Å². The van der Waals surface area contributed by atoms with E-state index in [1.807, 2.05) is 32.0 Å². The lowest BCUT2D eigenvalue weighted by Crippen LogP contribution is -2.15. The lowest BCUT2D eigenvalue weighted by atomic mass is 10.1. The van der Waals surface area contributed by atoms with Crippen LogP contribution in [0.4, 0.5) is 11.4 Å². The van der Waals surface area contributed by atoms with Crippen molar-refractivity contribution in [1.82, 2.24) is 0 Å². The molecule has 0 atom stereocenters. The van der Waals surface area contributed by atoms with Crippen LogP contribution in [-0.2, 0) is 4.79 Å². The number of anilines is 2. The van der Waals surface area contributed by atoms with Gasteiger partial charge in [0.25, 0.3) is 5.91 Å². The number of benzene rings is 2. The van der Waals surface area contributed by atoms with E-state index in [2.05, 4.69) is 10.6 Å². The summed E-state index contributed by atoms with van der Waals surface area (Å²) in [6, 6.07) is 12.9. The first-order valence-corrected chi connectivity index (χ1v) is 7.82. The third kappa shape index (κ3) is 3.77. The van der Waals surface area contributed by atoms with Crippen LogP contribution in [0.25, 0.3) is 0 Å². The van der Waals surface area contributed by atoms with Gasteiger partial charge < -0.3 is 10.6 Å². The van der Waals surface area contributed by atoms with Crippen LogP contribution in [0.3, 0.4) is 0 Å². The summed E-state index contributed by atoms with van der Waals surface area (Å²) in [5, 5.41) is 5.78. The molecule has 2 aromatic rings. The highest BCUT2D eigenvalue weighted by molar-refractivity contribution is 6.05. The molecule has 1 fully saturated rings. The number of hydrogen-bond acceptors (Lipinski definition) is 2. The monoisotopic (exact) mass is 308 g/mol. The normalized spacial score (nSPS) is 13.5. The zero-order valence-corrected chi connectivity index (χ0v) is 13.3. The Morgan fingerprint density at radius 3 is 2.48 bits per heavy atom. The molecule has 0 bridgehead atoms. The van der Waals surface area contributed by atoms with Gasteiger partial charge in [0.2, 0.25) is 5.91 Å². The number of amides is 2. The van der Waals surface area contributed by atoms with E-state index in [-0.39, 0.29) is 17.7 Å². The molecule has 0 spiro atoms. The highest BCUT2D eigenvalue weighted by Gasteiger charge is 2.29. The fraction of sp³-hybridized carbons (Fsp3) is 0.263. The first-order valence-electron chi connectivity index (χ1n) is 7.82. The van der Waals surface area contributed by atoms with Crippen LogP contribution in [0, 0.1) is 19.8 Å². The maximum atomic E-state index is 12.4. The second-order valence-electron chi connectivity index (χ2n) is 6.12. The van der Waals surface area contributed by atoms with Crippen LogP contribution in [0.1, 0.15) is 34.3 Å². The molecule has 2 amide bonds. The summed E-state index contributed by atoms with van der Waals surface area (Å²) < 4.78 is 0. The van der Waals surface area contributed by atoms with E-state index in [0.29, 0.717) is 11.3 Å². The molecule has 0 aromatic heterocycles. The van der Waals surface area contributed by atoms with Crippen molar-refractivity contribution in [2.24, 2.45) is 5.92 Å². The Morgan fingerprint density at radius 1 is 1.00 bits per heavy atom. The molecule has 1 aliphatic carbocycles. The fourth-order valence-electron chi connectivity index (χ4n) is 2.48. The summed E-state index contributed by atoms with van der Waals surface area (Å²) in [4.78, 5) is 24.2. The van der Waals surface area contributed by atoms with Gasteiger partial charge in [-0.05, 0) is 56.5 Å². The molecule has 1 aliphatic rings. The first-order chi connectivity index (χ1) is 11.0. The van der Waals surface area contributed by atoms with Crippen molar-refractivity contribution in [3.05, 3.63) is 59.2 Å². The van der Waals surface area contributed by atoms with Gasteiger partial charge in [-0.25, -0.2) is 0 Å². The maximum Gasteiger partial charge on any atom is 0.255 e. The molecule has 118 valence electrons. The standard InChI is InChI=1S/C19H20N2O2/c1-12-6-9-17(13(2)10-12)21-19(23)15-4-3-5-16(11-15)20-18(22)14-7-8-14/h3-6,9-11,14H,7-8H2,1-2H3,(H,20,22)(H,21,23). The molecule has 0 unspecified atom stereocenters. The van der Waals surface area contributed by atoms with Gasteiger partial charge in [-0.2, -0.15) is 0 Å². The Balaban J connectivity index is 1.72. The predicted octanol–water partition coefficient (Wildman–Crippen LogP) is 3.90.